The van der Waals surface area contributed by atoms with Crippen LogP contribution in [0.5, 0.6) is 0 Å². The van der Waals surface area contributed by atoms with E-state index >= 15 is 0 Å². The predicted molar refractivity (Wildman–Crippen MR) is 78.0 cm³/mol. The van der Waals surface area contributed by atoms with Crippen LogP contribution in [0.2, 0.25) is 5.02 Å². The molecular formula is C15H23ClN2. The predicted octanol–water partition coefficient (Wildman–Crippen LogP) is 3.16. The van der Waals surface area contributed by atoms with E-state index in [0.717, 1.165) is 24.7 Å². The van der Waals surface area contributed by atoms with Crippen molar-refractivity contribution in [2.75, 3.05) is 26.7 Å². The highest BCUT2D eigenvalue weighted by Gasteiger charge is 2.27. The lowest BCUT2D eigenvalue weighted by Crippen LogP contribution is -2.44. The standard InChI is InChI=1S/C15H23ClN2/c1-15(8-5-9-17-11-15)12-18(2)10-13-6-3-4-7-14(13)16/h3-4,6-7,17H,5,8-12H2,1-2H3. The van der Waals surface area contributed by atoms with Crippen LogP contribution in [0.1, 0.15) is 25.3 Å². The van der Waals surface area contributed by atoms with E-state index in [-0.39, 0.29) is 0 Å². The van der Waals surface area contributed by atoms with Crippen LogP contribution in [0.25, 0.3) is 0 Å². The molecule has 1 aromatic rings. The third kappa shape index (κ3) is 3.71. The number of hydrogen-bond donors (Lipinski definition) is 1. The Morgan fingerprint density at radius 2 is 2.17 bits per heavy atom. The van der Waals surface area contributed by atoms with E-state index in [0.29, 0.717) is 5.41 Å². The van der Waals surface area contributed by atoms with Gasteiger partial charge in [-0.3, -0.25) is 0 Å². The molecule has 1 aliphatic heterocycles. The average Bonchev–Trinajstić information content (AvgIpc) is 2.32. The second kappa shape index (κ2) is 6.05. The molecule has 2 nitrogen and oxygen atoms in total. The fourth-order valence-corrected chi connectivity index (χ4v) is 3.07. The zero-order valence-electron chi connectivity index (χ0n) is 11.4. The number of rotatable bonds is 4. The lowest BCUT2D eigenvalue weighted by molar-refractivity contribution is 0.148. The van der Waals surface area contributed by atoms with Gasteiger partial charge < -0.3 is 10.2 Å². The zero-order valence-corrected chi connectivity index (χ0v) is 12.1. The maximum absolute atomic E-state index is 6.21. The molecule has 1 saturated heterocycles. The van der Waals surface area contributed by atoms with Crippen LogP contribution in [0.4, 0.5) is 0 Å². The maximum Gasteiger partial charge on any atom is 0.0451 e. The average molecular weight is 267 g/mol. The van der Waals surface area contributed by atoms with Crippen molar-refractivity contribution in [2.45, 2.75) is 26.3 Å². The van der Waals surface area contributed by atoms with E-state index in [1.165, 1.54) is 24.9 Å². The molecule has 3 heteroatoms. The van der Waals surface area contributed by atoms with E-state index in [1.54, 1.807) is 0 Å². The van der Waals surface area contributed by atoms with Gasteiger partial charge in [-0.15, -0.1) is 0 Å². The van der Waals surface area contributed by atoms with Gasteiger partial charge in [0.25, 0.3) is 0 Å². The molecule has 0 amide bonds. The van der Waals surface area contributed by atoms with Crippen LogP contribution in [-0.2, 0) is 6.54 Å². The van der Waals surface area contributed by atoms with Crippen molar-refractivity contribution < 1.29 is 0 Å². The van der Waals surface area contributed by atoms with Crippen molar-refractivity contribution >= 4 is 11.6 Å². The second-order valence-corrected chi connectivity index (χ2v) is 6.26. The van der Waals surface area contributed by atoms with E-state index < -0.39 is 0 Å². The molecule has 0 saturated carbocycles. The zero-order chi connectivity index (χ0) is 13.0. The number of benzene rings is 1. The Kier molecular flexibility index (Phi) is 4.66. The molecule has 1 heterocycles. The summed E-state index contributed by atoms with van der Waals surface area (Å²) < 4.78 is 0. The van der Waals surface area contributed by atoms with Gasteiger partial charge in [0, 0.05) is 24.7 Å². The lowest BCUT2D eigenvalue weighted by atomic mass is 9.82. The molecular weight excluding hydrogens is 244 g/mol. The fraction of sp³-hybridized carbons (Fsp3) is 0.600. The van der Waals surface area contributed by atoms with Crippen LogP contribution in [0.3, 0.4) is 0 Å². The summed E-state index contributed by atoms with van der Waals surface area (Å²) in [6.45, 7) is 6.71. The topological polar surface area (TPSA) is 15.3 Å². The summed E-state index contributed by atoms with van der Waals surface area (Å²) in [7, 11) is 2.18. The fourth-order valence-electron chi connectivity index (χ4n) is 2.88. The number of piperidine rings is 1. The van der Waals surface area contributed by atoms with Crippen LogP contribution < -0.4 is 5.32 Å². The summed E-state index contributed by atoms with van der Waals surface area (Å²) in [6, 6.07) is 8.12. The van der Waals surface area contributed by atoms with Crippen LogP contribution in [-0.4, -0.2) is 31.6 Å². The SMILES string of the molecule is CN(Cc1ccccc1Cl)CC1(C)CCCNC1. The Labute approximate surface area is 115 Å². The molecule has 1 N–H and O–H groups in total. The Morgan fingerprint density at radius 1 is 1.39 bits per heavy atom. The second-order valence-electron chi connectivity index (χ2n) is 5.85. The Morgan fingerprint density at radius 3 is 2.83 bits per heavy atom. The van der Waals surface area contributed by atoms with Crippen molar-refractivity contribution in [1.29, 1.82) is 0 Å². The van der Waals surface area contributed by atoms with E-state index in [1.807, 2.05) is 12.1 Å². The highest BCUT2D eigenvalue weighted by atomic mass is 35.5. The summed E-state index contributed by atoms with van der Waals surface area (Å²) in [4.78, 5) is 2.38. The summed E-state index contributed by atoms with van der Waals surface area (Å²) in [5, 5.41) is 4.37. The van der Waals surface area contributed by atoms with Gasteiger partial charge in [0.2, 0.25) is 0 Å². The monoisotopic (exact) mass is 266 g/mol. The Hall–Kier alpha value is -0.570. The van der Waals surface area contributed by atoms with Gasteiger partial charge in [-0.25, -0.2) is 0 Å². The van der Waals surface area contributed by atoms with Crippen molar-refractivity contribution in [2.24, 2.45) is 5.41 Å². The molecule has 0 radical (unpaired) electrons. The number of hydrogen-bond acceptors (Lipinski definition) is 2. The first-order valence-corrected chi connectivity index (χ1v) is 7.10. The molecule has 0 bridgehead atoms. The lowest BCUT2D eigenvalue weighted by Gasteiger charge is -2.37. The van der Waals surface area contributed by atoms with Gasteiger partial charge in [-0.1, -0.05) is 36.7 Å². The molecule has 1 atom stereocenters. The highest BCUT2D eigenvalue weighted by molar-refractivity contribution is 6.31. The van der Waals surface area contributed by atoms with Crippen molar-refractivity contribution in [3.8, 4) is 0 Å². The van der Waals surface area contributed by atoms with Gasteiger partial charge in [0.15, 0.2) is 0 Å². The first kappa shape index (κ1) is 13.9. The molecule has 0 spiro atoms. The minimum atomic E-state index is 0.397. The third-order valence-corrected chi connectivity index (χ3v) is 4.10. The number of nitrogens with zero attached hydrogens (tertiary/aromatic N) is 1. The molecule has 0 aromatic heterocycles. The Bertz CT molecular complexity index is 386. The van der Waals surface area contributed by atoms with Gasteiger partial charge in [-0.2, -0.15) is 0 Å². The van der Waals surface area contributed by atoms with Gasteiger partial charge in [0.05, 0.1) is 0 Å². The molecule has 1 fully saturated rings. The normalized spacial score (nSPS) is 24.4. The maximum atomic E-state index is 6.21. The van der Waals surface area contributed by atoms with Gasteiger partial charge in [0.1, 0.15) is 0 Å². The van der Waals surface area contributed by atoms with Crippen molar-refractivity contribution in [1.82, 2.24) is 10.2 Å². The highest BCUT2D eigenvalue weighted by Crippen LogP contribution is 2.27. The molecule has 18 heavy (non-hydrogen) atoms. The van der Waals surface area contributed by atoms with Crippen LogP contribution in [0, 0.1) is 5.41 Å². The molecule has 0 aliphatic carbocycles. The molecule has 1 aliphatic rings. The molecule has 100 valence electrons. The molecule has 1 aromatic carbocycles. The Balaban J connectivity index is 1.92. The number of halogens is 1. The summed E-state index contributed by atoms with van der Waals surface area (Å²) in [6.07, 6.45) is 2.60. The van der Waals surface area contributed by atoms with E-state index in [9.17, 15) is 0 Å². The first-order valence-electron chi connectivity index (χ1n) is 6.72. The van der Waals surface area contributed by atoms with Crippen molar-refractivity contribution in [3.63, 3.8) is 0 Å². The summed E-state index contributed by atoms with van der Waals surface area (Å²) >= 11 is 6.21. The van der Waals surface area contributed by atoms with E-state index in [4.69, 9.17) is 11.6 Å². The van der Waals surface area contributed by atoms with Crippen LogP contribution >= 0.6 is 11.6 Å². The minimum Gasteiger partial charge on any atom is -0.316 e. The quantitative estimate of drug-likeness (QED) is 0.901. The summed E-state index contributed by atoms with van der Waals surface area (Å²) in [5.41, 5.74) is 1.61. The largest absolute Gasteiger partial charge is 0.316 e. The molecule has 2 rings (SSSR count). The minimum absolute atomic E-state index is 0.397. The third-order valence-electron chi connectivity index (χ3n) is 3.74. The van der Waals surface area contributed by atoms with E-state index in [2.05, 4.69) is 36.3 Å². The number of nitrogens with one attached hydrogen (secondary N) is 1. The summed E-state index contributed by atoms with van der Waals surface area (Å²) in [5.74, 6) is 0. The van der Waals surface area contributed by atoms with Crippen LogP contribution in [0.15, 0.2) is 24.3 Å². The molecule has 1 unspecified atom stereocenters. The van der Waals surface area contributed by atoms with Crippen molar-refractivity contribution in [3.05, 3.63) is 34.9 Å². The first-order chi connectivity index (χ1) is 8.59. The van der Waals surface area contributed by atoms with Gasteiger partial charge in [-0.05, 0) is 43.5 Å². The smallest absolute Gasteiger partial charge is 0.0451 e. The van der Waals surface area contributed by atoms with Gasteiger partial charge >= 0.3 is 0 Å².